The molecule has 10 atom stereocenters. The first-order chi connectivity index (χ1) is 10.8. The van der Waals surface area contributed by atoms with Crippen LogP contribution in [0.4, 0.5) is 0 Å². The summed E-state index contributed by atoms with van der Waals surface area (Å²) in [5, 5.41) is 76.4. The SMILES string of the molecule is OC[C@H]1O[C@H](OC2O[C@H](CO)[C@@H](O)[C@H](O)[C@@H]2O)[C@@H](O)[C@@H](O)[C@@H]1O. The van der Waals surface area contributed by atoms with Gasteiger partial charge in [-0.25, -0.2) is 0 Å². The summed E-state index contributed by atoms with van der Waals surface area (Å²) in [5.41, 5.74) is 0. The molecular weight excluding hydrogens is 320 g/mol. The predicted molar refractivity (Wildman–Crippen MR) is 68.6 cm³/mol. The zero-order chi connectivity index (χ0) is 17.3. The Morgan fingerprint density at radius 3 is 1.22 bits per heavy atom. The largest absolute Gasteiger partial charge is 0.394 e. The second-order valence-electron chi connectivity index (χ2n) is 5.53. The minimum atomic E-state index is -1.72. The fourth-order valence-corrected chi connectivity index (χ4v) is 2.49. The smallest absolute Gasteiger partial charge is 0.189 e. The monoisotopic (exact) mass is 342 g/mol. The Labute approximate surface area is 130 Å². The Morgan fingerprint density at radius 2 is 0.913 bits per heavy atom. The Balaban J connectivity index is 2.07. The van der Waals surface area contributed by atoms with Crippen LogP contribution in [-0.4, -0.2) is 115 Å². The zero-order valence-corrected chi connectivity index (χ0v) is 12.0. The van der Waals surface area contributed by atoms with Gasteiger partial charge in [-0.15, -0.1) is 0 Å². The molecule has 2 heterocycles. The first-order valence-electron chi connectivity index (χ1n) is 7.08. The van der Waals surface area contributed by atoms with E-state index < -0.39 is 74.6 Å². The molecule has 2 rings (SSSR count). The van der Waals surface area contributed by atoms with E-state index in [4.69, 9.17) is 24.4 Å². The van der Waals surface area contributed by atoms with Crippen molar-refractivity contribution in [2.24, 2.45) is 0 Å². The topological polar surface area (TPSA) is 190 Å². The van der Waals surface area contributed by atoms with Crippen molar-refractivity contribution >= 4 is 0 Å². The Morgan fingerprint density at radius 1 is 0.565 bits per heavy atom. The highest BCUT2D eigenvalue weighted by atomic mass is 16.8. The number of rotatable bonds is 4. The van der Waals surface area contributed by atoms with Crippen molar-refractivity contribution in [3.05, 3.63) is 0 Å². The second-order valence-corrected chi connectivity index (χ2v) is 5.53. The highest BCUT2D eigenvalue weighted by Crippen LogP contribution is 2.27. The minimum Gasteiger partial charge on any atom is -0.394 e. The third-order valence-electron chi connectivity index (χ3n) is 3.97. The highest BCUT2D eigenvalue weighted by molar-refractivity contribution is 4.92. The number of aliphatic hydroxyl groups is 8. The van der Waals surface area contributed by atoms with Gasteiger partial charge in [-0.1, -0.05) is 0 Å². The lowest BCUT2D eigenvalue weighted by Crippen LogP contribution is -2.63. The first-order valence-corrected chi connectivity index (χ1v) is 7.08. The molecule has 0 aromatic rings. The van der Waals surface area contributed by atoms with Crippen molar-refractivity contribution in [2.75, 3.05) is 13.2 Å². The van der Waals surface area contributed by atoms with Gasteiger partial charge in [-0.3, -0.25) is 0 Å². The van der Waals surface area contributed by atoms with Crippen LogP contribution in [0.3, 0.4) is 0 Å². The van der Waals surface area contributed by atoms with Crippen molar-refractivity contribution in [2.45, 2.75) is 61.4 Å². The molecule has 2 saturated heterocycles. The number of aliphatic hydroxyl groups excluding tert-OH is 8. The molecule has 0 aromatic carbocycles. The first kappa shape index (κ1) is 18.9. The molecular formula is C12H22O11. The molecule has 11 nitrogen and oxygen atoms in total. The van der Waals surface area contributed by atoms with Gasteiger partial charge in [0.2, 0.25) is 0 Å². The summed E-state index contributed by atoms with van der Waals surface area (Å²) in [7, 11) is 0. The van der Waals surface area contributed by atoms with Crippen LogP contribution in [0.1, 0.15) is 0 Å². The van der Waals surface area contributed by atoms with E-state index in [1.807, 2.05) is 0 Å². The number of hydrogen-bond acceptors (Lipinski definition) is 11. The number of hydrogen-bond donors (Lipinski definition) is 8. The maximum absolute atomic E-state index is 9.84. The summed E-state index contributed by atoms with van der Waals surface area (Å²) in [5.74, 6) is 0. The van der Waals surface area contributed by atoms with Crippen LogP contribution in [0.25, 0.3) is 0 Å². The van der Waals surface area contributed by atoms with Crippen LogP contribution < -0.4 is 0 Å². The van der Waals surface area contributed by atoms with Gasteiger partial charge >= 0.3 is 0 Å². The average Bonchev–Trinajstić information content (AvgIpc) is 2.55. The van der Waals surface area contributed by atoms with Crippen LogP contribution in [0.15, 0.2) is 0 Å². The lowest BCUT2D eigenvalue weighted by atomic mass is 9.98. The van der Waals surface area contributed by atoms with Gasteiger partial charge < -0.3 is 55.1 Å². The number of ether oxygens (including phenoxy) is 3. The predicted octanol–water partition coefficient (Wildman–Crippen LogP) is -5.40. The maximum atomic E-state index is 9.84. The van der Waals surface area contributed by atoms with Crippen LogP contribution in [0.2, 0.25) is 0 Å². The summed E-state index contributed by atoms with van der Waals surface area (Å²) in [6, 6.07) is 0. The molecule has 0 amide bonds. The van der Waals surface area contributed by atoms with Crippen molar-refractivity contribution in [3.63, 3.8) is 0 Å². The highest BCUT2D eigenvalue weighted by Gasteiger charge is 2.49. The summed E-state index contributed by atoms with van der Waals surface area (Å²) >= 11 is 0. The molecule has 2 aliphatic heterocycles. The molecule has 11 heteroatoms. The van der Waals surface area contributed by atoms with Gasteiger partial charge in [0.1, 0.15) is 48.8 Å². The summed E-state index contributed by atoms with van der Waals surface area (Å²) in [6.45, 7) is -1.33. The lowest BCUT2D eigenvalue weighted by Gasteiger charge is -2.44. The van der Waals surface area contributed by atoms with E-state index in [0.29, 0.717) is 0 Å². The standard InChI is InChI=1S/C12H22O11/c13-1-3-5(15)7(17)9(19)11(21-3)23-12-10(20)8(18)6(16)4(2-14)22-12/h3-20H,1-2H2/t3-,4-,5-,6-,7+,8+,9+,10+,11-,12?/m1/s1. The van der Waals surface area contributed by atoms with Gasteiger partial charge in [0.25, 0.3) is 0 Å². The van der Waals surface area contributed by atoms with Gasteiger partial charge in [0.05, 0.1) is 13.2 Å². The van der Waals surface area contributed by atoms with Gasteiger partial charge in [-0.05, 0) is 0 Å². The third kappa shape index (κ3) is 3.65. The van der Waals surface area contributed by atoms with Gasteiger partial charge in [0.15, 0.2) is 12.6 Å². The van der Waals surface area contributed by atoms with E-state index in [0.717, 1.165) is 0 Å². The molecule has 0 radical (unpaired) electrons. The van der Waals surface area contributed by atoms with Crippen LogP contribution in [0, 0.1) is 0 Å². The van der Waals surface area contributed by atoms with E-state index >= 15 is 0 Å². The molecule has 2 aliphatic rings. The normalized spacial score (nSPS) is 51.7. The van der Waals surface area contributed by atoms with E-state index in [2.05, 4.69) is 0 Å². The zero-order valence-electron chi connectivity index (χ0n) is 12.0. The second kappa shape index (κ2) is 7.63. The summed E-state index contributed by atoms with van der Waals surface area (Å²) < 4.78 is 15.3. The average molecular weight is 342 g/mol. The van der Waals surface area contributed by atoms with Crippen molar-refractivity contribution in [1.82, 2.24) is 0 Å². The lowest BCUT2D eigenvalue weighted by molar-refractivity contribution is -0.376. The molecule has 136 valence electrons. The Bertz CT molecular complexity index is 344. The van der Waals surface area contributed by atoms with Gasteiger partial charge in [-0.2, -0.15) is 0 Å². The van der Waals surface area contributed by atoms with Crippen molar-refractivity contribution in [1.29, 1.82) is 0 Å². The summed E-state index contributed by atoms with van der Waals surface area (Å²) in [6.07, 6.45) is -15.6. The van der Waals surface area contributed by atoms with E-state index in [1.54, 1.807) is 0 Å². The van der Waals surface area contributed by atoms with Crippen LogP contribution >= 0.6 is 0 Å². The molecule has 0 saturated carbocycles. The molecule has 0 aromatic heterocycles. The molecule has 8 N–H and O–H groups in total. The molecule has 0 spiro atoms. The molecule has 1 unspecified atom stereocenters. The molecule has 0 bridgehead atoms. The van der Waals surface area contributed by atoms with Crippen LogP contribution in [0.5, 0.6) is 0 Å². The van der Waals surface area contributed by atoms with Crippen LogP contribution in [-0.2, 0) is 14.2 Å². The van der Waals surface area contributed by atoms with Gasteiger partial charge in [0, 0.05) is 0 Å². The van der Waals surface area contributed by atoms with E-state index in [1.165, 1.54) is 0 Å². The molecule has 2 fully saturated rings. The third-order valence-corrected chi connectivity index (χ3v) is 3.97. The fourth-order valence-electron chi connectivity index (χ4n) is 2.49. The van der Waals surface area contributed by atoms with E-state index in [-0.39, 0.29) is 0 Å². The fraction of sp³-hybridized carbons (Fsp3) is 1.00. The van der Waals surface area contributed by atoms with E-state index in [9.17, 15) is 30.6 Å². The minimum absolute atomic E-state index is 0.667. The quantitative estimate of drug-likeness (QED) is 0.243. The van der Waals surface area contributed by atoms with Crippen molar-refractivity contribution < 1.29 is 55.1 Å². The molecule has 23 heavy (non-hydrogen) atoms. The van der Waals surface area contributed by atoms with Crippen molar-refractivity contribution in [3.8, 4) is 0 Å². The molecule has 0 aliphatic carbocycles. The summed E-state index contributed by atoms with van der Waals surface area (Å²) in [4.78, 5) is 0. The Kier molecular flexibility index (Phi) is 6.27. The maximum Gasteiger partial charge on any atom is 0.189 e. The Hall–Kier alpha value is -0.440.